The summed E-state index contributed by atoms with van der Waals surface area (Å²) >= 11 is 0. The van der Waals surface area contributed by atoms with Crippen LogP contribution in [0.15, 0.2) is 24.3 Å². The maximum absolute atomic E-state index is 12.2. The van der Waals surface area contributed by atoms with E-state index >= 15 is 0 Å². The average molecular weight is 338 g/mol. The number of rotatable bonds is 6. The Balaban J connectivity index is 1.86. The smallest absolute Gasteiger partial charge is 0.321 e. The molecular weight excluding hydrogens is 312 g/mol. The van der Waals surface area contributed by atoms with Crippen molar-refractivity contribution in [2.24, 2.45) is 0 Å². The van der Waals surface area contributed by atoms with Crippen molar-refractivity contribution >= 4 is 22.5 Å². The quantitative estimate of drug-likeness (QED) is 0.866. The van der Waals surface area contributed by atoms with Gasteiger partial charge in [0.2, 0.25) is 0 Å². The van der Waals surface area contributed by atoms with Gasteiger partial charge in [0, 0.05) is 41.6 Å². The minimum Gasteiger partial charge on any atom is -0.490 e. The molecule has 0 spiro atoms. The molecule has 2 atom stereocenters. The van der Waals surface area contributed by atoms with E-state index in [1.807, 2.05) is 31.2 Å². The van der Waals surface area contributed by atoms with E-state index in [0.717, 1.165) is 24.3 Å². The molecule has 1 fully saturated rings. The molecule has 0 bridgehead atoms. The van der Waals surface area contributed by atoms with Gasteiger partial charge in [-0.15, -0.1) is 0 Å². The van der Waals surface area contributed by atoms with Crippen molar-refractivity contribution in [1.82, 2.24) is 4.90 Å². The Hall–Kier alpha value is -1.56. The first kappa shape index (κ1) is 17.8. The number of hydrogen-bond donors (Lipinski definition) is 1. The van der Waals surface area contributed by atoms with E-state index < -0.39 is 10.8 Å². The average Bonchev–Trinajstić information content (AvgIpc) is 3.00. The Morgan fingerprint density at radius 2 is 1.96 bits per heavy atom. The normalized spacial score (nSPS) is 17.5. The van der Waals surface area contributed by atoms with E-state index in [-0.39, 0.29) is 12.1 Å². The highest BCUT2D eigenvalue weighted by molar-refractivity contribution is 7.84. The van der Waals surface area contributed by atoms with Crippen molar-refractivity contribution in [2.75, 3.05) is 24.4 Å². The molecule has 0 unspecified atom stereocenters. The van der Waals surface area contributed by atoms with Crippen LogP contribution in [0.2, 0.25) is 0 Å². The number of carbonyl (C=O) groups excluding carboxylic acids is 1. The van der Waals surface area contributed by atoms with Gasteiger partial charge in [-0.2, -0.15) is 0 Å². The molecular formula is C17H26N2O3S. The predicted octanol–water partition coefficient (Wildman–Crippen LogP) is 3.24. The van der Waals surface area contributed by atoms with Gasteiger partial charge in [-0.05, 0) is 56.9 Å². The summed E-state index contributed by atoms with van der Waals surface area (Å²) in [5.74, 6) is 1.32. The van der Waals surface area contributed by atoms with Crippen molar-refractivity contribution in [3.63, 3.8) is 0 Å². The van der Waals surface area contributed by atoms with Crippen molar-refractivity contribution < 1.29 is 13.7 Å². The van der Waals surface area contributed by atoms with Crippen LogP contribution in [0.25, 0.3) is 0 Å². The summed E-state index contributed by atoms with van der Waals surface area (Å²) in [4.78, 5) is 13.8. The predicted molar refractivity (Wildman–Crippen MR) is 94.5 cm³/mol. The molecule has 0 aromatic heterocycles. The second-order valence-corrected chi connectivity index (χ2v) is 7.66. The first-order chi connectivity index (χ1) is 11.0. The summed E-state index contributed by atoms with van der Waals surface area (Å²) in [5.41, 5.74) is 0.727. The molecule has 23 heavy (non-hydrogen) atoms. The Morgan fingerprint density at radius 1 is 1.35 bits per heavy atom. The molecule has 1 aromatic rings. The number of nitrogens with zero attached hydrogens (tertiary/aromatic N) is 1. The van der Waals surface area contributed by atoms with Gasteiger partial charge >= 0.3 is 6.03 Å². The Morgan fingerprint density at radius 3 is 2.52 bits per heavy atom. The number of benzene rings is 1. The second-order valence-electron chi connectivity index (χ2n) is 6.18. The van der Waals surface area contributed by atoms with E-state index in [9.17, 15) is 9.00 Å². The molecule has 2 rings (SSSR count). The molecule has 6 heteroatoms. The Bertz CT molecular complexity index is 541. The number of carbonyl (C=O) groups is 1. The minimum absolute atomic E-state index is 0.0780. The van der Waals surface area contributed by atoms with Gasteiger partial charge in [0.25, 0.3) is 0 Å². The lowest BCUT2D eigenvalue weighted by Gasteiger charge is -2.24. The Labute approximate surface area is 140 Å². The summed E-state index contributed by atoms with van der Waals surface area (Å²) in [6, 6.07) is 7.19. The minimum atomic E-state index is -0.923. The van der Waals surface area contributed by atoms with Gasteiger partial charge in [0.15, 0.2) is 0 Å². The van der Waals surface area contributed by atoms with Crippen molar-refractivity contribution in [3.05, 3.63) is 24.3 Å². The second kappa shape index (κ2) is 8.34. The number of amides is 2. The van der Waals surface area contributed by atoms with E-state index in [1.165, 1.54) is 12.8 Å². The first-order valence-corrected chi connectivity index (χ1v) is 9.79. The van der Waals surface area contributed by atoms with Gasteiger partial charge in [-0.3, -0.25) is 4.21 Å². The fraction of sp³-hybridized carbons (Fsp3) is 0.588. The van der Waals surface area contributed by atoms with Crippen LogP contribution in [0.4, 0.5) is 10.5 Å². The lowest BCUT2D eigenvalue weighted by Crippen LogP contribution is -2.40. The van der Waals surface area contributed by atoms with Crippen LogP contribution < -0.4 is 10.1 Å². The van der Waals surface area contributed by atoms with Gasteiger partial charge < -0.3 is 15.0 Å². The zero-order chi connectivity index (χ0) is 16.8. The SMILES string of the molecule is C[C@H](C[S@](C)=O)N(C)C(=O)Nc1ccc(OC2CCCC2)cc1. The number of hydrogen-bond acceptors (Lipinski definition) is 3. The highest BCUT2D eigenvalue weighted by Gasteiger charge is 2.18. The van der Waals surface area contributed by atoms with Gasteiger partial charge in [0.1, 0.15) is 5.75 Å². The molecule has 5 nitrogen and oxygen atoms in total. The monoisotopic (exact) mass is 338 g/mol. The standard InChI is InChI=1S/C17H26N2O3S/c1-13(12-23(3)21)19(2)17(20)18-14-8-10-16(11-9-14)22-15-6-4-5-7-15/h8-11,13,15H,4-7,12H2,1-3H3,(H,18,20)/t13-,23+/m1/s1. The molecule has 0 heterocycles. The van der Waals surface area contributed by atoms with E-state index in [1.54, 1.807) is 18.2 Å². The third kappa shape index (κ3) is 5.53. The lowest BCUT2D eigenvalue weighted by molar-refractivity contribution is 0.209. The maximum Gasteiger partial charge on any atom is 0.321 e. The van der Waals surface area contributed by atoms with Crippen LogP contribution in [0.3, 0.4) is 0 Å². The highest BCUT2D eigenvalue weighted by atomic mass is 32.2. The molecule has 1 aliphatic rings. The van der Waals surface area contributed by atoms with E-state index in [0.29, 0.717) is 11.9 Å². The molecule has 0 aliphatic heterocycles. The molecule has 1 aromatic carbocycles. The van der Waals surface area contributed by atoms with Gasteiger partial charge in [-0.25, -0.2) is 4.79 Å². The molecule has 2 amide bonds. The number of urea groups is 1. The molecule has 1 aliphatic carbocycles. The van der Waals surface area contributed by atoms with Crippen LogP contribution >= 0.6 is 0 Å². The third-order valence-corrected chi connectivity index (χ3v) is 5.12. The maximum atomic E-state index is 12.2. The highest BCUT2D eigenvalue weighted by Crippen LogP contribution is 2.25. The number of nitrogens with one attached hydrogen (secondary N) is 1. The van der Waals surface area contributed by atoms with Crippen LogP contribution in [0.1, 0.15) is 32.6 Å². The van der Waals surface area contributed by atoms with E-state index in [2.05, 4.69) is 5.32 Å². The number of anilines is 1. The Kier molecular flexibility index (Phi) is 6.45. The van der Waals surface area contributed by atoms with E-state index in [4.69, 9.17) is 4.74 Å². The zero-order valence-corrected chi connectivity index (χ0v) is 14.9. The third-order valence-electron chi connectivity index (χ3n) is 4.17. The molecule has 1 N–H and O–H groups in total. The van der Waals surface area contributed by atoms with Crippen molar-refractivity contribution in [3.8, 4) is 5.75 Å². The zero-order valence-electron chi connectivity index (χ0n) is 14.1. The summed E-state index contributed by atoms with van der Waals surface area (Å²) in [6.45, 7) is 1.89. The van der Waals surface area contributed by atoms with Crippen LogP contribution in [0, 0.1) is 0 Å². The molecule has 1 saturated carbocycles. The topological polar surface area (TPSA) is 58.6 Å². The van der Waals surface area contributed by atoms with Gasteiger partial charge in [0.05, 0.1) is 6.10 Å². The number of ether oxygens (including phenoxy) is 1. The summed E-state index contributed by atoms with van der Waals surface area (Å²) < 4.78 is 17.2. The summed E-state index contributed by atoms with van der Waals surface area (Å²) in [7, 11) is 0.789. The van der Waals surface area contributed by atoms with Crippen LogP contribution in [-0.4, -0.2) is 46.3 Å². The van der Waals surface area contributed by atoms with Crippen molar-refractivity contribution in [2.45, 2.75) is 44.8 Å². The van der Waals surface area contributed by atoms with Gasteiger partial charge in [-0.1, -0.05) is 0 Å². The largest absolute Gasteiger partial charge is 0.490 e. The molecule has 0 radical (unpaired) electrons. The molecule has 0 saturated heterocycles. The first-order valence-electron chi connectivity index (χ1n) is 8.06. The van der Waals surface area contributed by atoms with Crippen LogP contribution in [0.5, 0.6) is 5.75 Å². The van der Waals surface area contributed by atoms with Crippen molar-refractivity contribution in [1.29, 1.82) is 0 Å². The summed E-state index contributed by atoms with van der Waals surface area (Å²) in [6.07, 6.45) is 6.71. The summed E-state index contributed by atoms with van der Waals surface area (Å²) in [5, 5.41) is 2.85. The molecule has 128 valence electrons. The fourth-order valence-electron chi connectivity index (χ4n) is 2.68. The fourth-order valence-corrected chi connectivity index (χ4v) is 3.58. The lowest BCUT2D eigenvalue weighted by atomic mass is 10.2. The van der Waals surface area contributed by atoms with Crippen LogP contribution in [-0.2, 0) is 10.8 Å².